The summed E-state index contributed by atoms with van der Waals surface area (Å²) in [5, 5.41) is 0. The highest BCUT2D eigenvalue weighted by molar-refractivity contribution is 5.77. The second kappa shape index (κ2) is 4.78. The van der Waals surface area contributed by atoms with E-state index in [1.54, 1.807) is 4.90 Å². The smallest absolute Gasteiger partial charge is 0.224 e. The van der Waals surface area contributed by atoms with E-state index < -0.39 is 0 Å². The number of amides is 1. The minimum atomic E-state index is 0.0745. The maximum Gasteiger partial charge on any atom is 0.224 e. The lowest BCUT2D eigenvalue weighted by molar-refractivity contribution is -0.133. The average molecular weight is 200 g/mol. The highest BCUT2D eigenvalue weighted by Crippen LogP contribution is 2.21. The third-order valence-corrected chi connectivity index (χ3v) is 2.88. The predicted molar refractivity (Wildman–Crippen MR) is 60.2 cm³/mol. The summed E-state index contributed by atoms with van der Waals surface area (Å²) in [6.45, 7) is 6.31. The van der Waals surface area contributed by atoms with Gasteiger partial charge >= 0.3 is 0 Å². The molecule has 0 saturated heterocycles. The number of hydrogen-bond acceptors (Lipinski definition) is 2. The molecular formula is C11H24N2O. The maximum absolute atomic E-state index is 11.7. The molecule has 3 nitrogen and oxygen atoms in total. The number of hydrogen-bond donors (Lipinski definition) is 0. The van der Waals surface area contributed by atoms with Gasteiger partial charge in [-0.2, -0.15) is 0 Å². The van der Waals surface area contributed by atoms with Crippen molar-refractivity contribution >= 4 is 5.91 Å². The van der Waals surface area contributed by atoms with Crippen molar-refractivity contribution in [1.82, 2.24) is 9.80 Å². The van der Waals surface area contributed by atoms with Crippen LogP contribution in [0, 0.1) is 5.92 Å². The monoisotopic (exact) mass is 200 g/mol. The Balaban J connectivity index is 4.32. The molecule has 14 heavy (non-hydrogen) atoms. The quantitative estimate of drug-likeness (QED) is 0.685. The molecule has 0 spiro atoms. The molecular weight excluding hydrogens is 176 g/mol. The van der Waals surface area contributed by atoms with Crippen LogP contribution in [0.4, 0.5) is 0 Å². The molecule has 3 heteroatoms. The van der Waals surface area contributed by atoms with E-state index in [1.165, 1.54) is 0 Å². The molecule has 0 aromatic carbocycles. The first-order chi connectivity index (χ1) is 6.18. The normalized spacial score (nSPS) is 14.3. The topological polar surface area (TPSA) is 23.6 Å². The van der Waals surface area contributed by atoms with Crippen molar-refractivity contribution in [2.24, 2.45) is 5.92 Å². The van der Waals surface area contributed by atoms with E-state index in [4.69, 9.17) is 0 Å². The zero-order valence-electron chi connectivity index (χ0n) is 10.6. The average Bonchev–Trinajstić information content (AvgIpc) is 2.01. The number of nitrogens with zero attached hydrogens (tertiary/aromatic N) is 2. The first-order valence-electron chi connectivity index (χ1n) is 5.07. The van der Waals surface area contributed by atoms with Crippen LogP contribution in [0.2, 0.25) is 0 Å². The molecule has 0 heterocycles. The molecule has 0 aromatic rings. The lowest BCUT2D eigenvalue weighted by Crippen LogP contribution is -2.42. The summed E-state index contributed by atoms with van der Waals surface area (Å²) >= 11 is 0. The number of rotatable bonds is 4. The first kappa shape index (κ1) is 13.4. The summed E-state index contributed by atoms with van der Waals surface area (Å²) in [5.74, 6) is 0.294. The van der Waals surface area contributed by atoms with Crippen LogP contribution < -0.4 is 0 Å². The summed E-state index contributed by atoms with van der Waals surface area (Å²) in [5.41, 5.74) is 0.0745. The SMILES string of the molecule is CC(CC(C)(C)N(C)C)C(=O)N(C)C. The third kappa shape index (κ3) is 3.66. The first-order valence-corrected chi connectivity index (χ1v) is 5.07. The van der Waals surface area contributed by atoms with Gasteiger partial charge in [-0.15, -0.1) is 0 Å². The second-order valence-electron chi connectivity index (χ2n) is 5.04. The van der Waals surface area contributed by atoms with Gasteiger partial charge < -0.3 is 9.80 Å². The molecule has 0 bridgehead atoms. The van der Waals surface area contributed by atoms with Crippen molar-refractivity contribution < 1.29 is 4.79 Å². The molecule has 1 amide bonds. The van der Waals surface area contributed by atoms with E-state index in [0.717, 1.165) is 6.42 Å². The molecule has 0 rings (SSSR count). The molecule has 1 unspecified atom stereocenters. The summed E-state index contributed by atoms with van der Waals surface area (Å²) in [6.07, 6.45) is 0.886. The van der Waals surface area contributed by atoms with Crippen LogP contribution in [0.25, 0.3) is 0 Å². The maximum atomic E-state index is 11.7. The summed E-state index contributed by atoms with van der Waals surface area (Å²) < 4.78 is 0. The van der Waals surface area contributed by atoms with Gasteiger partial charge in [-0.05, 0) is 34.4 Å². The van der Waals surface area contributed by atoms with Crippen LogP contribution in [0.1, 0.15) is 27.2 Å². The van der Waals surface area contributed by atoms with Gasteiger partial charge in [0, 0.05) is 25.6 Å². The Morgan fingerprint density at radius 2 is 1.64 bits per heavy atom. The summed E-state index contributed by atoms with van der Waals surface area (Å²) in [7, 11) is 7.71. The van der Waals surface area contributed by atoms with Crippen LogP contribution >= 0.6 is 0 Å². The number of carbonyl (C=O) groups excluding carboxylic acids is 1. The molecule has 0 aliphatic carbocycles. The van der Waals surface area contributed by atoms with Gasteiger partial charge in [-0.25, -0.2) is 0 Å². The Labute approximate surface area is 88.1 Å². The molecule has 0 N–H and O–H groups in total. The number of carbonyl (C=O) groups is 1. The van der Waals surface area contributed by atoms with Crippen molar-refractivity contribution in [3.05, 3.63) is 0 Å². The van der Waals surface area contributed by atoms with Gasteiger partial charge in [0.15, 0.2) is 0 Å². The van der Waals surface area contributed by atoms with E-state index >= 15 is 0 Å². The van der Waals surface area contributed by atoms with Gasteiger partial charge in [-0.1, -0.05) is 6.92 Å². The van der Waals surface area contributed by atoms with Gasteiger partial charge in [0.05, 0.1) is 0 Å². The van der Waals surface area contributed by atoms with Crippen molar-refractivity contribution in [1.29, 1.82) is 0 Å². The van der Waals surface area contributed by atoms with Crippen molar-refractivity contribution in [2.45, 2.75) is 32.7 Å². The predicted octanol–water partition coefficient (Wildman–Crippen LogP) is 1.44. The molecule has 0 saturated carbocycles. The van der Waals surface area contributed by atoms with Crippen molar-refractivity contribution in [3.8, 4) is 0 Å². The molecule has 0 aliphatic rings. The molecule has 0 fully saturated rings. The third-order valence-electron chi connectivity index (χ3n) is 2.88. The van der Waals surface area contributed by atoms with Gasteiger partial charge in [-0.3, -0.25) is 4.79 Å². The van der Waals surface area contributed by atoms with Gasteiger partial charge in [0.2, 0.25) is 5.91 Å². The van der Waals surface area contributed by atoms with Crippen LogP contribution in [-0.4, -0.2) is 49.4 Å². The fraction of sp³-hybridized carbons (Fsp3) is 0.909. The fourth-order valence-electron chi connectivity index (χ4n) is 1.46. The van der Waals surface area contributed by atoms with E-state index in [1.807, 2.05) is 35.1 Å². The fourth-order valence-corrected chi connectivity index (χ4v) is 1.46. The van der Waals surface area contributed by atoms with Crippen LogP contribution in [-0.2, 0) is 4.79 Å². The van der Waals surface area contributed by atoms with Gasteiger partial charge in [0.25, 0.3) is 0 Å². The van der Waals surface area contributed by atoms with Crippen LogP contribution in [0.15, 0.2) is 0 Å². The Morgan fingerprint density at radius 1 is 1.21 bits per heavy atom. The molecule has 1 atom stereocenters. The minimum Gasteiger partial charge on any atom is -0.349 e. The minimum absolute atomic E-state index is 0.0745. The Hall–Kier alpha value is -0.570. The molecule has 84 valence electrons. The van der Waals surface area contributed by atoms with Crippen LogP contribution in [0.5, 0.6) is 0 Å². The second-order valence-corrected chi connectivity index (χ2v) is 5.04. The molecule has 0 aromatic heterocycles. The highest BCUT2D eigenvalue weighted by Gasteiger charge is 2.27. The van der Waals surface area contributed by atoms with E-state index in [-0.39, 0.29) is 17.4 Å². The summed E-state index contributed by atoms with van der Waals surface area (Å²) in [4.78, 5) is 15.5. The zero-order chi connectivity index (χ0) is 11.5. The van der Waals surface area contributed by atoms with E-state index in [0.29, 0.717) is 0 Å². The molecule has 0 radical (unpaired) electrons. The molecule has 0 aliphatic heterocycles. The van der Waals surface area contributed by atoms with Crippen LogP contribution in [0.3, 0.4) is 0 Å². The highest BCUT2D eigenvalue weighted by atomic mass is 16.2. The zero-order valence-corrected chi connectivity index (χ0v) is 10.6. The van der Waals surface area contributed by atoms with Crippen molar-refractivity contribution in [3.63, 3.8) is 0 Å². The van der Waals surface area contributed by atoms with E-state index in [9.17, 15) is 4.79 Å². The summed E-state index contributed by atoms with van der Waals surface area (Å²) in [6, 6.07) is 0. The Bertz CT molecular complexity index is 197. The lowest BCUT2D eigenvalue weighted by atomic mass is 9.90. The Morgan fingerprint density at radius 3 is 1.93 bits per heavy atom. The van der Waals surface area contributed by atoms with Gasteiger partial charge in [0.1, 0.15) is 0 Å². The largest absolute Gasteiger partial charge is 0.349 e. The van der Waals surface area contributed by atoms with E-state index in [2.05, 4.69) is 18.7 Å². The standard InChI is InChI=1S/C11H24N2O/c1-9(10(14)12(4)5)8-11(2,3)13(6)7/h9H,8H2,1-7H3. The lowest BCUT2D eigenvalue weighted by Gasteiger charge is -2.35. The Kier molecular flexibility index (Phi) is 4.59. The van der Waals surface area contributed by atoms with Crippen molar-refractivity contribution in [2.75, 3.05) is 28.2 Å².